The molecule has 0 saturated carbocycles. The van der Waals surface area contributed by atoms with E-state index in [4.69, 9.17) is 16.3 Å². The van der Waals surface area contributed by atoms with Crippen LogP contribution >= 0.6 is 11.6 Å². The second-order valence-electron chi connectivity index (χ2n) is 11.5. The summed E-state index contributed by atoms with van der Waals surface area (Å²) in [5.41, 5.74) is 1.68. The number of sulfonamides is 1. The molecule has 0 aliphatic rings. The maximum absolute atomic E-state index is 13.9. The van der Waals surface area contributed by atoms with E-state index in [1.165, 1.54) is 4.31 Å². The largest absolute Gasteiger partial charge is 0.494 e. The van der Waals surface area contributed by atoms with Gasteiger partial charge >= 0.3 is 0 Å². The minimum absolute atomic E-state index is 0.0394. The first-order valence-electron chi connectivity index (χ1n) is 14.4. The smallest absolute Gasteiger partial charge is 0.243 e. The molecular formula is C33H42ClN3O5S. The van der Waals surface area contributed by atoms with Crippen molar-refractivity contribution in [3.63, 3.8) is 0 Å². The van der Waals surface area contributed by atoms with Gasteiger partial charge in [-0.05, 0) is 81.6 Å². The highest BCUT2D eigenvalue weighted by molar-refractivity contribution is 7.92. The van der Waals surface area contributed by atoms with Gasteiger partial charge in [0, 0.05) is 36.5 Å². The number of hydrogen-bond acceptors (Lipinski definition) is 5. The number of halogens is 1. The molecule has 2 amide bonds. The Morgan fingerprint density at radius 2 is 1.60 bits per heavy atom. The van der Waals surface area contributed by atoms with Crippen LogP contribution in [0.3, 0.4) is 0 Å². The van der Waals surface area contributed by atoms with E-state index in [-0.39, 0.29) is 37.7 Å². The van der Waals surface area contributed by atoms with Crippen LogP contribution in [0.2, 0.25) is 5.02 Å². The first kappa shape index (κ1) is 33.9. The van der Waals surface area contributed by atoms with Crippen LogP contribution in [-0.2, 0) is 32.6 Å². The van der Waals surface area contributed by atoms with Crippen LogP contribution in [0.15, 0.2) is 78.9 Å². The van der Waals surface area contributed by atoms with Crippen molar-refractivity contribution < 1.29 is 22.7 Å². The van der Waals surface area contributed by atoms with E-state index < -0.39 is 21.6 Å². The Labute approximate surface area is 261 Å². The summed E-state index contributed by atoms with van der Waals surface area (Å²) in [5.74, 6) is 0.119. The van der Waals surface area contributed by atoms with Gasteiger partial charge in [-0.3, -0.25) is 13.9 Å². The van der Waals surface area contributed by atoms with E-state index in [2.05, 4.69) is 5.32 Å². The van der Waals surface area contributed by atoms with Crippen LogP contribution in [-0.4, -0.2) is 56.1 Å². The lowest BCUT2D eigenvalue weighted by Gasteiger charge is -2.34. The summed E-state index contributed by atoms with van der Waals surface area (Å²) < 4.78 is 32.1. The molecule has 0 unspecified atom stereocenters. The highest BCUT2D eigenvalue weighted by atomic mass is 35.5. The molecule has 8 nitrogen and oxygen atoms in total. The van der Waals surface area contributed by atoms with Crippen molar-refractivity contribution in [1.29, 1.82) is 0 Å². The monoisotopic (exact) mass is 627 g/mol. The Kier molecular flexibility index (Phi) is 12.0. The number of nitrogens with one attached hydrogen (secondary N) is 1. The number of amides is 2. The molecule has 0 bridgehead atoms. The van der Waals surface area contributed by atoms with Gasteiger partial charge in [0.1, 0.15) is 11.8 Å². The van der Waals surface area contributed by atoms with E-state index >= 15 is 0 Å². The average Bonchev–Trinajstić information content (AvgIpc) is 2.92. The third kappa shape index (κ3) is 10.9. The summed E-state index contributed by atoms with van der Waals surface area (Å²) in [4.78, 5) is 29.2. The summed E-state index contributed by atoms with van der Waals surface area (Å²) >= 11 is 6.26. The van der Waals surface area contributed by atoms with E-state index in [0.717, 1.165) is 17.4 Å². The van der Waals surface area contributed by atoms with Crippen molar-refractivity contribution >= 4 is 39.1 Å². The van der Waals surface area contributed by atoms with Crippen molar-refractivity contribution in [3.05, 3.63) is 95.0 Å². The van der Waals surface area contributed by atoms with Crippen LogP contribution in [0, 0.1) is 0 Å². The Hall–Kier alpha value is -3.56. The maximum atomic E-state index is 13.9. The second-order valence-corrected chi connectivity index (χ2v) is 13.8. The normalized spacial score (nSPS) is 12.3. The fourth-order valence-electron chi connectivity index (χ4n) is 4.72. The Balaban J connectivity index is 1.88. The zero-order valence-corrected chi connectivity index (χ0v) is 27.1. The average molecular weight is 628 g/mol. The number of nitrogens with zero attached hydrogens (tertiary/aromatic N) is 2. The highest BCUT2D eigenvalue weighted by Crippen LogP contribution is 2.23. The molecule has 0 spiro atoms. The molecule has 43 heavy (non-hydrogen) atoms. The molecule has 0 fully saturated rings. The number of rotatable bonds is 14. The fourth-order valence-corrected chi connectivity index (χ4v) is 5.90. The lowest BCUT2D eigenvalue weighted by Crippen LogP contribution is -2.54. The van der Waals surface area contributed by atoms with Crippen molar-refractivity contribution in [3.8, 4) is 5.75 Å². The first-order valence-corrected chi connectivity index (χ1v) is 16.6. The summed E-state index contributed by atoms with van der Waals surface area (Å²) in [6.07, 6.45) is 1.75. The summed E-state index contributed by atoms with van der Waals surface area (Å²) in [7, 11) is -3.62. The minimum atomic E-state index is -3.62. The predicted octanol–water partition coefficient (Wildman–Crippen LogP) is 5.84. The molecule has 1 N–H and O–H groups in total. The van der Waals surface area contributed by atoms with Crippen LogP contribution in [0.25, 0.3) is 0 Å². The molecule has 0 radical (unpaired) electrons. The molecule has 0 aromatic heterocycles. The van der Waals surface area contributed by atoms with E-state index in [1.807, 2.05) is 70.2 Å². The Bertz CT molecular complexity index is 1460. The van der Waals surface area contributed by atoms with Gasteiger partial charge in [-0.15, -0.1) is 0 Å². The SMILES string of the molecule is CCOc1ccc(N(CCCC(=O)N(Cc2cccc(Cl)c2)[C@@H](Cc2ccccc2)C(=O)NC(C)(C)C)S(C)(=O)=O)cc1. The van der Waals surface area contributed by atoms with E-state index in [0.29, 0.717) is 29.5 Å². The highest BCUT2D eigenvalue weighted by Gasteiger charge is 2.32. The van der Waals surface area contributed by atoms with Gasteiger partial charge in [0.15, 0.2) is 0 Å². The molecule has 10 heteroatoms. The van der Waals surface area contributed by atoms with Crippen LogP contribution < -0.4 is 14.4 Å². The lowest BCUT2D eigenvalue weighted by atomic mass is 10.00. The zero-order chi connectivity index (χ0) is 31.6. The standard InChI is InChI=1S/C33H42ClN3O5S/c1-6-42-29-19-17-28(18-20-29)37(43(5,40)41)21-11-16-31(38)36(24-26-14-10-15-27(34)22-26)30(32(39)35-33(2,3)4)23-25-12-8-7-9-13-25/h7-10,12-15,17-20,22,30H,6,11,16,21,23-24H2,1-5H3,(H,35,39)/t30-/m0/s1. The molecule has 0 aliphatic heterocycles. The van der Waals surface area contributed by atoms with Crippen LogP contribution in [0.4, 0.5) is 5.69 Å². The van der Waals surface area contributed by atoms with Crippen molar-refractivity contribution in [2.75, 3.05) is 23.7 Å². The summed E-state index contributed by atoms with van der Waals surface area (Å²) in [5, 5.41) is 3.57. The molecule has 0 heterocycles. The van der Waals surface area contributed by atoms with Crippen molar-refractivity contribution in [1.82, 2.24) is 10.2 Å². The van der Waals surface area contributed by atoms with Gasteiger partial charge in [0.2, 0.25) is 21.8 Å². The number of anilines is 1. The number of benzene rings is 3. The number of carbonyl (C=O) groups excluding carboxylic acids is 2. The quantitative estimate of drug-likeness (QED) is 0.242. The van der Waals surface area contributed by atoms with Gasteiger partial charge in [-0.2, -0.15) is 0 Å². The third-order valence-corrected chi connectivity index (χ3v) is 8.03. The van der Waals surface area contributed by atoms with Gasteiger partial charge < -0.3 is 15.0 Å². The van der Waals surface area contributed by atoms with E-state index in [9.17, 15) is 18.0 Å². The van der Waals surface area contributed by atoms with Gasteiger partial charge in [-0.1, -0.05) is 54.1 Å². The number of ether oxygens (including phenoxy) is 1. The van der Waals surface area contributed by atoms with Gasteiger partial charge in [0.05, 0.1) is 18.6 Å². The van der Waals surface area contributed by atoms with E-state index in [1.54, 1.807) is 41.3 Å². The topological polar surface area (TPSA) is 96.0 Å². The summed E-state index contributed by atoms with van der Waals surface area (Å²) in [6, 6.07) is 22.8. The van der Waals surface area contributed by atoms with Gasteiger partial charge in [-0.25, -0.2) is 8.42 Å². The second kappa shape index (κ2) is 15.3. The predicted molar refractivity (Wildman–Crippen MR) is 173 cm³/mol. The van der Waals surface area contributed by atoms with Gasteiger partial charge in [0.25, 0.3) is 0 Å². The van der Waals surface area contributed by atoms with Crippen molar-refractivity contribution in [2.45, 2.75) is 65.1 Å². The van der Waals surface area contributed by atoms with Crippen LogP contribution in [0.5, 0.6) is 5.75 Å². The minimum Gasteiger partial charge on any atom is -0.494 e. The molecule has 0 saturated heterocycles. The molecule has 0 aliphatic carbocycles. The number of hydrogen-bond donors (Lipinski definition) is 1. The molecule has 3 rings (SSSR count). The zero-order valence-electron chi connectivity index (χ0n) is 25.5. The van der Waals surface area contributed by atoms with Crippen molar-refractivity contribution in [2.24, 2.45) is 0 Å². The number of carbonyl (C=O) groups is 2. The molecule has 3 aromatic rings. The molecule has 1 atom stereocenters. The third-order valence-electron chi connectivity index (χ3n) is 6.60. The maximum Gasteiger partial charge on any atom is 0.243 e. The Morgan fingerprint density at radius 1 is 0.953 bits per heavy atom. The molecule has 232 valence electrons. The molecule has 3 aromatic carbocycles. The summed E-state index contributed by atoms with van der Waals surface area (Å²) in [6.45, 7) is 8.34. The fraction of sp³-hybridized carbons (Fsp3) is 0.394. The molecular weight excluding hydrogens is 586 g/mol. The first-order chi connectivity index (χ1) is 20.3. The lowest BCUT2D eigenvalue weighted by molar-refractivity contribution is -0.142. The van der Waals surface area contributed by atoms with Crippen LogP contribution in [0.1, 0.15) is 51.7 Å². The Morgan fingerprint density at radius 3 is 2.19 bits per heavy atom.